The molecule has 0 spiro atoms. The van der Waals surface area contributed by atoms with Crippen LogP contribution in [-0.4, -0.2) is 39.2 Å². The lowest BCUT2D eigenvalue weighted by molar-refractivity contribution is -0.150. The van der Waals surface area contributed by atoms with Gasteiger partial charge < -0.3 is 9.30 Å². The van der Waals surface area contributed by atoms with Crippen molar-refractivity contribution in [2.75, 3.05) is 6.61 Å². The van der Waals surface area contributed by atoms with Crippen molar-refractivity contribution < 1.29 is 19.1 Å². The molecule has 1 saturated heterocycles. The first-order valence-corrected chi connectivity index (χ1v) is 9.42. The third kappa shape index (κ3) is 3.55. The number of fused-ring (bicyclic) bond motifs is 1. The summed E-state index contributed by atoms with van der Waals surface area (Å²) in [5.41, 5.74) is 1.85. The minimum Gasteiger partial charge on any atom is -0.464 e. The van der Waals surface area contributed by atoms with Gasteiger partial charge in [-0.05, 0) is 37.8 Å². The number of imide groups is 1. The summed E-state index contributed by atoms with van der Waals surface area (Å²) in [6, 6.07) is 6.87. The number of amides is 2. The van der Waals surface area contributed by atoms with Gasteiger partial charge in [0, 0.05) is 29.2 Å². The van der Waals surface area contributed by atoms with Gasteiger partial charge in [0.05, 0.1) is 11.5 Å². The van der Waals surface area contributed by atoms with E-state index in [2.05, 4.69) is 6.58 Å². The molecule has 140 valence electrons. The van der Waals surface area contributed by atoms with E-state index in [4.69, 9.17) is 4.74 Å². The molecule has 7 heteroatoms. The van der Waals surface area contributed by atoms with E-state index in [0.717, 1.165) is 33.1 Å². The lowest BCUT2D eigenvalue weighted by Crippen LogP contribution is -2.42. The number of thioether (sulfide) groups is 1. The van der Waals surface area contributed by atoms with E-state index in [9.17, 15) is 14.4 Å². The molecule has 0 bridgehead atoms. The van der Waals surface area contributed by atoms with Crippen LogP contribution in [-0.2, 0) is 20.9 Å². The molecule has 1 aromatic heterocycles. The van der Waals surface area contributed by atoms with E-state index in [1.54, 1.807) is 19.1 Å². The molecule has 3 rings (SSSR count). The minimum atomic E-state index is -0.953. The second-order valence-electron chi connectivity index (χ2n) is 6.02. The molecule has 6 nitrogen and oxygen atoms in total. The minimum absolute atomic E-state index is 0.193. The van der Waals surface area contributed by atoms with E-state index >= 15 is 0 Å². The number of nitrogens with zero attached hydrogens (tertiary/aromatic N) is 2. The summed E-state index contributed by atoms with van der Waals surface area (Å²) < 4.78 is 6.96. The molecule has 2 aromatic rings. The first-order valence-electron chi connectivity index (χ1n) is 8.60. The lowest BCUT2D eigenvalue weighted by Gasteiger charge is -2.19. The monoisotopic (exact) mass is 384 g/mol. The summed E-state index contributed by atoms with van der Waals surface area (Å²) in [5, 5.41) is 0.506. The van der Waals surface area contributed by atoms with Crippen LogP contribution in [0.1, 0.15) is 19.4 Å². The second-order valence-corrected chi connectivity index (χ2v) is 7.02. The molecule has 0 aliphatic carbocycles. The Morgan fingerprint density at radius 1 is 1.33 bits per heavy atom. The Morgan fingerprint density at radius 2 is 2.07 bits per heavy atom. The number of rotatable bonds is 6. The van der Waals surface area contributed by atoms with Crippen LogP contribution in [0.4, 0.5) is 4.79 Å². The van der Waals surface area contributed by atoms with Gasteiger partial charge in [-0.15, -0.1) is 6.58 Å². The van der Waals surface area contributed by atoms with Crippen molar-refractivity contribution in [2.24, 2.45) is 0 Å². The SMILES string of the molecule is C=CCn1cc(/C=C2/SC(=O)N([C@@H](C)C(=O)OCC)C2=O)c2ccccc21. The normalized spacial score (nSPS) is 17.0. The lowest BCUT2D eigenvalue weighted by atomic mass is 10.1. The van der Waals surface area contributed by atoms with Gasteiger partial charge in [0.2, 0.25) is 0 Å². The van der Waals surface area contributed by atoms with Crippen LogP contribution >= 0.6 is 11.8 Å². The van der Waals surface area contributed by atoms with Crippen molar-refractivity contribution >= 4 is 45.9 Å². The number of benzene rings is 1. The van der Waals surface area contributed by atoms with E-state index in [-0.39, 0.29) is 11.5 Å². The number of allylic oxidation sites excluding steroid dienone is 1. The van der Waals surface area contributed by atoms with Crippen LogP contribution < -0.4 is 0 Å². The molecule has 0 radical (unpaired) electrons. The summed E-state index contributed by atoms with van der Waals surface area (Å²) in [6.45, 7) is 7.77. The number of aromatic nitrogens is 1. The summed E-state index contributed by atoms with van der Waals surface area (Å²) in [7, 11) is 0. The summed E-state index contributed by atoms with van der Waals surface area (Å²) >= 11 is 0.833. The van der Waals surface area contributed by atoms with Crippen LogP contribution in [0.5, 0.6) is 0 Å². The van der Waals surface area contributed by atoms with E-state index in [1.807, 2.05) is 35.0 Å². The number of ether oxygens (including phenoxy) is 1. The summed E-state index contributed by atoms with van der Waals surface area (Å²) in [6.07, 6.45) is 5.42. The van der Waals surface area contributed by atoms with Crippen LogP contribution in [0, 0.1) is 0 Å². The maximum Gasteiger partial charge on any atom is 0.329 e. The van der Waals surface area contributed by atoms with Gasteiger partial charge in [-0.3, -0.25) is 14.5 Å². The van der Waals surface area contributed by atoms with Gasteiger partial charge >= 0.3 is 5.97 Å². The maximum absolute atomic E-state index is 12.7. The molecular weight excluding hydrogens is 364 g/mol. The fourth-order valence-corrected chi connectivity index (χ4v) is 3.90. The van der Waals surface area contributed by atoms with Crippen molar-refractivity contribution in [1.29, 1.82) is 0 Å². The average molecular weight is 384 g/mol. The third-order valence-electron chi connectivity index (χ3n) is 4.27. The van der Waals surface area contributed by atoms with Crippen LogP contribution in [0.15, 0.2) is 48.0 Å². The predicted molar refractivity (Wildman–Crippen MR) is 106 cm³/mol. The molecule has 1 atom stereocenters. The Labute approximate surface area is 161 Å². The Bertz CT molecular complexity index is 960. The zero-order valence-electron chi connectivity index (χ0n) is 15.2. The molecule has 1 aliphatic rings. The van der Waals surface area contributed by atoms with Crippen LogP contribution in [0.2, 0.25) is 0 Å². The van der Waals surface area contributed by atoms with Gasteiger partial charge in [0.25, 0.3) is 11.1 Å². The van der Waals surface area contributed by atoms with Gasteiger partial charge in [0.15, 0.2) is 0 Å². The molecule has 0 unspecified atom stereocenters. The zero-order chi connectivity index (χ0) is 19.6. The zero-order valence-corrected chi connectivity index (χ0v) is 16.0. The van der Waals surface area contributed by atoms with Crippen LogP contribution in [0.25, 0.3) is 17.0 Å². The van der Waals surface area contributed by atoms with Gasteiger partial charge in [0.1, 0.15) is 6.04 Å². The first-order chi connectivity index (χ1) is 13.0. The highest BCUT2D eigenvalue weighted by Crippen LogP contribution is 2.35. The number of carbonyl (C=O) groups is 3. The van der Waals surface area contributed by atoms with E-state index in [1.165, 1.54) is 6.92 Å². The molecule has 2 amide bonds. The Kier molecular flexibility index (Phi) is 5.51. The van der Waals surface area contributed by atoms with Gasteiger partial charge in [-0.2, -0.15) is 0 Å². The Hall–Kier alpha value is -2.80. The number of carbonyl (C=O) groups excluding carboxylic acids is 3. The Morgan fingerprint density at radius 3 is 2.78 bits per heavy atom. The van der Waals surface area contributed by atoms with Crippen molar-refractivity contribution in [3.63, 3.8) is 0 Å². The van der Waals surface area contributed by atoms with E-state index < -0.39 is 23.2 Å². The fourth-order valence-electron chi connectivity index (χ4n) is 3.00. The van der Waals surface area contributed by atoms with Crippen molar-refractivity contribution in [1.82, 2.24) is 9.47 Å². The molecule has 1 aliphatic heterocycles. The van der Waals surface area contributed by atoms with Crippen molar-refractivity contribution in [3.05, 3.63) is 53.6 Å². The molecule has 0 N–H and O–H groups in total. The molecule has 1 fully saturated rings. The van der Waals surface area contributed by atoms with Gasteiger partial charge in [-0.25, -0.2) is 4.79 Å². The molecule has 2 heterocycles. The number of para-hydroxylation sites is 1. The largest absolute Gasteiger partial charge is 0.464 e. The highest BCUT2D eigenvalue weighted by atomic mass is 32.2. The molecule has 1 aromatic carbocycles. The first kappa shape index (κ1) is 19.0. The topological polar surface area (TPSA) is 68.6 Å². The maximum atomic E-state index is 12.7. The number of hydrogen-bond donors (Lipinski definition) is 0. The third-order valence-corrected chi connectivity index (χ3v) is 5.15. The summed E-state index contributed by atoms with van der Waals surface area (Å²) in [4.78, 5) is 38.2. The standard InChI is InChI=1S/C20H20N2O4S/c1-4-10-21-12-14(15-8-6-7-9-16(15)21)11-17-18(23)22(20(25)27-17)13(3)19(24)26-5-2/h4,6-9,11-13H,1,5,10H2,2-3H3/b17-11+/t13-/m0/s1. The highest BCUT2D eigenvalue weighted by Gasteiger charge is 2.41. The van der Waals surface area contributed by atoms with Gasteiger partial charge in [-0.1, -0.05) is 24.3 Å². The van der Waals surface area contributed by atoms with E-state index in [0.29, 0.717) is 6.54 Å². The fraction of sp³-hybridized carbons (Fsp3) is 0.250. The predicted octanol–water partition coefficient (Wildman–Crippen LogP) is 3.82. The number of hydrogen-bond acceptors (Lipinski definition) is 5. The van der Waals surface area contributed by atoms with Crippen molar-refractivity contribution in [2.45, 2.75) is 26.4 Å². The second kappa shape index (κ2) is 7.84. The number of esters is 1. The Balaban J connectivity index is 1.96. The average Bonchev–Trinajstić information content (AvgIpc) is 3.13. The quantitative estimate of drug-likeness (QED) is 0.430. The smallest absolute Gasteiger partial charge is 0.329 e. The summed E-state index contributed by atoms with van der Waals surface area (Å²) in [5.74, 6) is -1.07. The van der Waals surface area contributed by atoms with Crippen molar-refractivity contribution in [3.8, 4) is 0 Å². The molecule has 0 saturated carbocycles. The highest BCUT2D eigenvalue weighted by molar-refractivity contribution is 8.18. The molecular formula is C20H20N2O4S. The van der Waals surface area contributed by atoms with Crippen LogP contribution in [0.3, 0.4) is 0 Å². The molecule has 27 heavy (non-hydrogen) atoms.